The SMILES string of the molecule is C=CCc1ccc(OCc2nc3ccccc3n2CCCC)c(OC)c1. The Kier molecular flexibility index (Phi) is 5.95. The van der Waals surface area contributed by atoms with Crippen molar-refractivity contribution in [2.45, 2.75) is 39.3 Å². The van der Waals surface area contributed by atoms with Crippen molar-refractivity contribution in [3.8, 4) is 11.5 Å². The molecule has 26 heavy (non-hydrogen) atoms. The Bertz CT molecular complexity index is 883. The zero-order valence-corrected chi connectivity index (χ0v) is 15.6. The minimum atomic E-state index is 0.412. The van der Waals surface area contributed by atoms with Gasteiger partial charge in [-0.2, -0.15) is 0 Å². The molecule has 0 bridgehead atoms. The van der Waals surface area contributed by atoms with Gasteiger partial charge in [-0.1, -0.05) is 37.6 Å². The number of nitrogens with zero attached hydrogens (tertiary/aromatic N) is 2. The second-order valence-corrected chi connectivity index (χ2v) is 6.29. The zero-order valence-electron chi connectivity index (χ0n) is 15.6. The number of methoxy groups -OCH3 is 1. The molecule has 0 atom stereocenters. The summed E-state index contributed by atoms with van der Waals surface area (Å²) in [6.07, 6.45) is 4.95. The van der Waals surface area contributed by atoms with Gasteiger partial charge in [0.15, 0.2) is 11.5 Å². The fourth-order valence-electron chi connectivity index (χ4n) is 3.07. The predicted molar refractivity (Wildman–Crippen MR) is 106 cm³/mol. The molecule has 0 aliphatic rings. The number of aryl methyl sites for hydroxylation is 1. The number of imidazole rings is 1. The number of hydrogen-bond donors (Lipinski definition) is 0. The Labute approximate surface area is 155 Å². The van der Waals surface area contributed by atoms with Crippen molar-refractivity contribution in [2.24, 2.45) is 0 Å². The van der Waals surface area contributed by atoms with Gasteiger partial charge < -0.3 is 14.0 Å². The van der Waals surface area contributed by atoms with Crippen LogP contribution in [-0.2, 0) is 19.6 Å². The van der Waals surface area contributed by atoms with Crippen LogP contribution in [-0.4, -0.2) is 16.7 Å². The molecule has 4 nitrogen and oxygen atoms in total. The summed E-state index contributed by atoms with van der Waals surface area (Å²) in [7, 11) is 1.66. The van der Waals surface area contributed by atoms with Crippen molar-refractivity contribution in [2.75, 3.05) is 7.11 Å². The molecule has 0 saturated heterocycles. The van der Waals surface area contributed by atoms with Crippen LogP contribution in [0, 0.1) is 0 Å². The van der Waals surface area contributed by atoms with E-state index in [-0.39, 0.29) is 0 Å². The molecule has 3 aromatic rings. The minimum Gasteiger partial charge on any atom is -0.493 e. The van der Waals surface area contributed by atoms with Crippen LogP contribution in [0.5, 0.6) is 11.5 Å². The maximum Gasteiger partial charge on any atom is 0.161 e. The second-order valence-electron chi connectivity index (χ2n) is 6.29. The molecule has 0 aliphatic heterocycles. The molecule has 0 fully saturated rings. The van der Waals surface area contributed by atoms with Crippen LogP contribution in [0.2, 0.25) is 0 Å². The van der Waals surface area contributed by atoms with Gasteiger partial charge in [0.05, 0.1) is 18.1 Å². The van der Waals surface area contributed by atoms with Crippen molar-refractivity contribution in [3.63, 3.8) is 0 Å². The van der Waals surface area contributed by atoms with Crippen molar-refractivity contribution in [1.82, 2.24) is 9.55 Å². The Balaban J connectivity index is 1.84. The predicted octanol–water partition coefficient (Wildman–Crippen LogP) is 5.15. The first-order chi connectivity index (χ1) is 12.8. The zero-order chi connectivity index (χ0) is 18.4. The number of benzene rings is 2. The van der Waals surface area contributed by atoms with E-state index in [9.17, 15) is 0 Å². The minimum absolute atomic E-state index is 0.412. The fraction of sp³-hybridized carbons (Fsp3) is 0.318. The van der Waals surface area contributed by atoms with Gasteiger partial charge in [-0.05, 0) is 42.7 Å². The molecule has 0 saturated carbocycles. The van der Waals surface area contributed by atoms with E-state index in [0.29, 0.717) is 6.61 Å². The maximum absolute atomic E-state index is 6.06. The molecular weight excluding hydrogens is 324 g/mol. The lowest BCUT2D eigenvalue weighted by Gasteiger charge is -2.13. The molecule has 1 aromatic heterocycles. The number of ether oxygens (including phenoxy) is 2. The molecule has 1 heterocycles. The summed E-state index contributed by atoms with van der Waals surface area (Å²) in [5.41, 5.74) is 3.32. The van der Waals surface area contributed by atoms with Crippen molar-refractivity contribution < 1.29 is 9.47 Å². The van der Waals surface area contributed by atoms with Gasteiger partial charge in [-0.25, -0.2) is 4.98 Å². The third-order valence-corrected chi connectivity index (χ3v) is 4.43. The van der Waals surface area contributed by atoms with Gasteiger partial charge in [-0.15, -0.1) is 6.58 Å². The number of hydrogen-bond acceptors (Lipinski definition) is 3. The highest BCUT2D eigenvalue weighted by Gasteiger charge is 2.12. The summed E-state index contributed by atoms with van der Waals surface area (Å²) >= 11 is 0. The first-order valence-corrected chi connectivity index (χ1v) is 9.11. The van der Waals surface area contributed by atoms with Crippen molar-refractivity contribution >= 4 is 11.0 Å². The van der Waals surface area contributed by atoms with Crippen LogP contribution in [0.3, 0.4) is 0 Å². The summed E-state index contributed by atoms with van der Waals surface area (Å²) in [6.45, 7) is 7.34. The van der Waals surface area contributed by atoms with E-state index >= 15 is 0 Å². The van der Waals surface area contributed by atoms with Crippen LogP contribution < -0.4 is 9.47 Å². The Morgan fingerprint density at radius 1 is 1.15 bits per heavy atom. The molecular formula is C22H26N2O2. The lowest BCUT2D eigenvalue weighted by molar-refractivity contribution is 0.271. The van der Waals surface area contributed by atoms with Gasteiger partial charge in [0, 0.05) is 6.54 Å². The largest absolute Gasteiger partial charge is 0.493 e. The van der Waals surface area contributed by atoms with Crippen molar-refractivity contribution in [3.05, 3.63) is 66.5 Å². The highest BCUT2D eigenvalue weighted by molar-refractivity contribution is 5.75. The van der Waals surface area contributed by atoms with Gasteiger partial charge in [0.1, 0.15) is 12.4 Å². The summed E-state index contributed by atoms with van der Waals surface area (Å²) in [5, 5.41) is 0. The topological polar surface area (TPSA) is 36.3 Å². The molecule has 0 amide bonds. The quantitative estimate of drug-likeness (QED) is 0.501. The van der Waals surface area contributed by atoms with E-state index in [0.717, 1.165) is 59.7 Å². The molecule has 2 aromatic carbocycles. The van der Waals surface area contributed by atoms with Gasteiger partial charge in [0.2, 0.25) is 0 Å². The lowest BCUT2D eigenvalue weighted by Crippen LogP contribution is -2.08. The summed E-state index contributed by atoms with van der Waals surface area (Å²) in [5.74, 6) is 2.41. The fourth-order valence-corrected chi connectivity index (χ4v) is 3.07. The normalized spacial score (nSPS) is 10.8. The molecule has 4 heteroatoms. The molecule has 0 spiro atoms. The third kappa shape index (κ3) is 3.90. The number of aromatic nitrogens is 2. The van der Waals surface area contributed by atoms with E-state index in [2.05, 4.69) is 30.2 Å². The smallest absolute Gasteiger partial charge is 0.161 e. The average molecular weight is 350 g/mol. The van der Waals surface area contributed by atoms with Crippen LogP contribution in [0.15, 0.2) is 55.1 Å². The molecule has 136 valence electrons. The number of para-hydroxylation sites is 2. The van der Waals surface area contributed by atoms with Crippen LogP contribution >= 0.6 is 0 Å². The van der Waals surface area contributed by atoms with Gasteiger partial charge in [0.25, 0.3) is 0 Å². The van der Waals surface area contributed by atoms with Gasteiger partial charge in [-0.3, -0.25) is 0 Å². The summed E-state index contributed by atoms with van der Waals surface area (Å²) in [4.78, 5) is 4.77. The second kappa shape index (κ2) is 8.56. The highest BCUT2D eigenvalue weighted by Crippen LogP contribution is 2.29. The number of fused-ring (bicyclic) bond motifs is 1. The van der Waals surface area contributed by atoms with Crippen molar-refractivity contribution in [1.29, 1.82) is 0 Å². The number of allylic oxidation sites excluding steroid dienone is 1. The first kappa shape index (κ1) is 18.1. The van der Waals surface area contributed by atoms with Crippen LogP contribution in [0.4, 0.5) is 0 Å². The maximum atomic E-state index is 6.06. The number of rotatable bonds is 9. The standard InChI is InChI=1S/C22H26N2O2/c1-4-6-14-24-19-11-8-7-10-18(19)23-22(24)16-26-20-13-12-17(9-5-2)15-21(20)25-3/h5,7-8,10-13,15H,2,4,6,9,14,16H2,1,3H3. The van der Waals surface area contributed by atoms with Gasteiger partial charge >= 0.3 is 0 Å². The molecule has 0 radical (unpaired) electrons. The summed E-state index contributed by atoms with van der Waals surface area (Å²) < 4.78 is 13.8. The average Bonchev–Trinajstić information content (AvgIpc) is 3.03. The third-order valence-electron chi connectivity index (χ3n) is 4.43. The Morgan fingerprint density at radius 2 is 2.00 bits per heavy atom. The lowest BCUT2D eigenvalue weighted by atomic mass is 10.1. The molecule has 3 rings (SSSR count). The van der Waals surface area contributed by atoms with E-state index in [1.54, 1.807) is 7.11 Å². The van der Waals surface area contributed by atoms with E-state index in [1.807, 2.05) is 36.4 Å². The van der Waals surface area contributed by atoms with Crippen LogP contribution in [0.25, 0.3) is 11.0 Å². The Hall–Kier alpha value is -2.75. The molecule has 0 unspecified atom stereocenters. The van der Waals surface area contributed by atoms with E-state index in [4.69, 9.17) is 14.5 Å². The first-order valence-electron chi connectivity index (χ1n) is 9.11. The highest BCUT2D eigenvalue weighted by atomic mass is 16.5. The molecule has 0 N–H and O–H groups in total. The molecule has 0 aliphatic carbocycles. The van der Waals surface area contributed by atoms with E-state index in [1.165, 1.54) is 0 Å². The summed E-state index contributed by atoms with van der Waals surface area (Å²) in [6, 6.07) is 14.2. The van der Waals surface area contributed by atoms with E-state index < -0.39 is 0 Å². The Morgan fingerprint density at radius 3 is 2.77 bits per heavy atom. The monoisotopic (exact) mass is 350 g/mol. The number of unbranched alkanes of at least 4 members (excludes halogenated alkanes) is 1. The van der Waals surface area contributed by atoms with Crippen LogP contribution in [0.1, 0.15) is 31.2 Å².